The van der Waals surface area contributed by atoms with E-state index in [9.17, 15) is 0 Å². The summed E-state index contributed by atoms with van der Waals surface area (Å²) in [4.78, 5) is 4.55. The molecular formula is C15H19N3O. The van der Waals surface area contributed by atoms with Gasteiger partial charge >= 0.3 is 0 Å². The molecule has 1 fully saturated rings. The molecule has 4 heteroatoms. The average Bonchev–Trinajstić information content (AvgIpc) is 2.92. The van der Waals surface area contributed by atoms with Crippen LogP contribution < -0.4 is 5.73 Å². The molecule has 0 unspecified atom stereocenters. The van der Waals surface area contributed by atoms with E-state index in [1.807, 2.05) is 25.1 Å². The topological polar surface area (TPSA) is 64.9 Å². The minimum Gasteiger partial charge on any atom is -0.398 e. The highest BCUT2D eigenvalue weighted by Gasteiger charge is 2.21. The fourth-order valence-corrected chi connectivity index (χ4v) is 2.73. The zero-order valence-corrected chi connectivity index (χ0v) is 11.2. The van der Waals surface area contributed by atoms with Crippen molar-refractivity contribution in [2.75, 3.05) is 5.73 Å². The van der Waals surface area contributed by atoms with E-state index in [1.165, 1.54) is 32.1 Å². The number of anilines is 1. The summed E-state index contributed by atoms with van der Waals surface area (Å²) in [5, 5.41) is 4.15. The standard InChI is InChI=1S/C15H19N3O/c1-10-7-8-13(16)12(9-10)15-17-14(18-19-15)11-5-3-2-4-6-11/h7-9,11H,2-6,16H2,1H3. The highest BCUT2D eigenvalue weighted by Crippen LogP contribution is 2.33. The third kappa shape index (κ3) is 2.48. The Hall–Kier alpha value is -1.84. The van der Waals surface area contributed by atoms with Gasteiger partial charge in [-0.25, -0.2) is 0 Å². The Labute approximate surface area is 113 Å². The van der Waals surface area contributed by atoms with Gasteiger partial charge in [-0.1, -0.05) is 36.0 Å². The minimum atomic E-state index is 0.456. The molecule has 1 heterocycles. The van der Waals surface area contributed by atoms with Crippen LogP contribution in [0.4, 0.5) is 5.69 Å². The molecule has 0 bridgehead atoms. The van der Waals surface area contributed by atoms with E-state index in [0.717, 1.165) is 17.0 Å². The van der Waals surface area contributed by atoms with Crippen molar-refractivity contribution in [2.24, 2.45) is 0 Å². The van der Waals surface area contributed by atoms with Gasteiger partial charge in [0, 0.05) is 11.6 Å². The second-order valence-electron chi connectivity index (χ2n) is 5.38. The molecule has 0 atom stereocenters. The molecule has 1 saturated carbocycles. The minimum absolute atomic E-state index is 0.456. The third-order valence-corrected chi connectivity index (χ3v) is 3.85. The average molecular weight is 257 g/mol. The quantitative estimate of drug-likeness (QED) is 0.833. The number of aromatic nitrogens is 2. The molecule has 0 aliphatic heterocycles. The Kier molecular flexibility index (Phi) is 3.23. The third-order valence-electron chi connectivity index (χ3n) is 3.85. The number of nitrogens with zero attached hydrogens (tertiary/aromatic N) is 2. The largest absolute Gasteiger partial charge is 0.398 e. The molecule has 0 saturated heterocycles. The van der Waals surface area contributed by atoms with E-state index in [2.05, 4.69) is 10.1 Å². The summed E-state index contributed by atoms with van der Waals surface area (Å²) in [6.07, 6.45) is 6.19. The maximum absolute atomic E-state index is 5.98. The Morgan fingerprint density at radius 2 is 2.00 bits per heavy atom. The normalized spacial score (nSPS) is 16.7. The van der Waals surface area contributed by atoms with Gasteiger partial charge in [-0.15, -0.1) is 0 Å². The van der Waals surface area contributed by atoms with Crippen LogP contribution in [0.1, 0.15) is 49.4 Å². The van der Waals surface area contributed by atoms with Gasteiger partial charge in [0.05, 0.1) is 5.56 Å². The van der Waals surface area contributed by atoms with Crippen molar-refractivity contribution in [2.45, 2.75) is 44.9 Å². The van der Waals surface area contributed by atoms with E-state index in [1.54, 1.807) is 0 Å². The van der Waals surface area contributed by atoms with E-state index >= 15 is 0 Å². The number of hydrogen-bond donors (Lipinski definition) is 1. The smallest absolute Gasteiger partial charge is 0.260 e. The number of aryl methyl sites for hydroxylation is 1. The van der Waals surface area contributed by atoms with Gasteiger partial charge in [-0.2, -0.15) is 4.98 Å². The van der Waals surface area contributed by atoms with Crippen LogP contribution in [0, 0.1) is 6.92 Å². The first-order valence-corrected chi connectivity index (χ1v) is 6.94. The highest BCUT2D eigenvalue weighted by molar-refractivity contribution is 5.70. The fourth-order valence-electron chi connectivity index (χ4n) is 2.73. The van der Waals surface area contributed by atoms with Gasteiger partial charge in [0.25, 0.3) is 5.89 Å². The lowest BCUT2D eigenvalue weighted by atomic mass is 9.89. The number of benzene rings is 1. The van der Waals surface area contributed by atoms with E-state index in [0.29, 0.717) is 17.5 Å². The number of nitrogens with two attached hydrogens (primary N) is 1. The lowest BCUT2D eigenvalue weighted by molar-refractivity contribution is 0.385. The van der Waals surface area contributed by atoms with E-state index in [4.69, 9.17) is 10.3 Å². The van der Waals surface area contributed by atoms with Crippen molar-refractivity contribution in [3.8, 4) is 11.5 Å². The van der Waals surface area contributed by atoms with E-state index in [-0.39, 0.29) is 0 Å². The zero-order chi connectivity index (χ0) is 13.2. The van der Waals surface area contributed by atoms with Crippen molar-refractivity contribution >= 4 is 5.69 Å². The van der Waals surface area contributed by atoms with Crippen LogP contribution in [0.25, 0.3) is 11.5 Å². The maximum atomic E-state index is 5.98. The first-order valence-electron chi connectivity index (χ1n) is 6.94. The molecule has 0 amide bonds. The van der Waals surface area contributed by atoms with Gasteiger partial charge in [0.15, 0.2) is 5.82 Å². The molecule has 19 heavy (non-hydrogen) atoms. The lowest BCUT2D eigenvalue weighted by Gasteiger charge is -2.17. The van der Waals surface area contributed by atoms with Crippen LogP contribution in [0.5, 0.6) is 0 Å². The van der Waals surface area contributed by atoms with E-state index < -0.39 is 0 Å². The van der Waals surface area contributed by atoms with Gasteiger partial charge in [-0.3, -0.25) is 0 Å². The summed E-state index contributed by atoms with van der Waals surface area (Å²) in [5.41, 5.74) is 8.65. The van der Waals surface area contributed by atoms with Crippen molar-refractivity contribution in [1.82, 2.24) is 10.1 Å². The molecule has 1 aromatic carbocycles. The molecule has 100 valence electrons. The molecule has 1 aliphatic rings. The zero-order valence-electron chi connectivity index (χ0n) is 11.2. The first-order chi connectivity index (χ1) is 9.24. The van der Waals surface area contributed by atoms with Crippen LogP contribution in [0.15, 0.2) is 22.7 Å². The SMILES string of the molecule is Cc1ccc(N)c(-c2nc(C3CCCCC3)no2)c1. The molecule has 4 nitrogen and oxygen atoms in total. The summed E-state index contributed by atoms with van der Waals surface area (Å²) < 4.78 is 5.40. The Bertz CT molecular complexity index is 571. The Morgan fingerprint density at radius 1 is 1.21 bits per heavy atom. The molecule has 2 aromatic rings. The van der Waals surface area contributed by atoms with Crippen LogP contribution in [0.3, 0.4) is 0 Å². The van der Waals surface area contributed by atoms with Crippen LogP contribution in [0.2, 0.25) is 0 Å². The van der Waals surface area contributed by atoms with Crippen molar-refractivity contribution in [3.63, 3.8) is 0 Å². The van der Waals surface area contributed by atoms with Gasteiger partial charge in [0.2, 0.25) is 0 Å². The van der Waals surface area contributed by atoms with Crippen LogP contribution in [-0.4, -0.2) is 10.1 Å². The number of hydrogen-bond acceptors (Lipinski definition) is 4. The number of rotatable bonds is 2. The fraction of sp³-hybridized carbons (Fsp3) is 0.467. The van der Waals surface area contributed by atoms with Gasteiger partial charge in [-0.05, 0) is 31.9 Å². The monoisotopic (exact) mass is 257 g/mol. The summed E-state index contributed by atoms with van der Waals surface area (Å²) in [6.45, 7) is 2.03. The van der Waals surface area contributed by atoms with Crippen molar-refractivity contribution in [3.05, 3.63) is 29.6 Å². The van der Waals surface area contributed by atoms with Crippen molar-refractivity contribution in [1.29, 1.82) is 0 Å². The second kappa shape index (κ2) is 5.03. The predicted molar refractivity (Wildman–Crippen MR) is 74.7 cm³/mol. The Balaban J connectivity index is 1.89. The molecule has 0 radical (unpaired) electrons. The molecule has 1 aromatic heterocycles. The Morgan fingerprint density at radius 3 is 2.79 bits per heavy atom. The first kappa shape index (κ1) is 12.2. The molecule has 3 rings (SSSR count). The molecule has 2 N–H and O–H groups in total. The van der Waals surface area contributed by atoms with Crippen LogP contribution >= 0.6 is 0 Å². The second-order valence-corrected chi connectivity index (χ2v) is 5.38. The highest BCUT2D eigenvalue weighted by atomic mass is 16.5. The molecule has 0 spiro atoms. The maximum Gasteiger partial charge on any atom is 0.260 e. The molecular weight excluding hydrogens is 238 g/mol. The molecule has 1 aliphatic carbocycles. The van der Waals surface area contributed by atoms with Gasteiger partial charge < -0.3 is 10.3 Å². The summed E-state index contributed by atoms with van der Waals surface area (Å²) in [5.74, 6) is 1.84. The summed E-state index contributed by atoms with van der Waals surface area (Å²) in [7, 11) is 0. The predicted octanol–water partition coefficient (Wildman–Crippen LogP) is 3.67. The summed E-state index contributed by atoms with van der Waals surface area (Å²) in [6, 6.07) is 5.86. The summed E-state index contributed by atoms with van der Waals surface area (Å²) >= 11 is 0. The number of nitrogen functional groups attached to an aromatic ring is 1. The van der Waals surface area contributed by atoms with Crippen LogP contribution in [-0.2, 0) is 0 Å². The lowest BCUT2D eigenvalue weighted by Crippen LogP contribution is -2.06. The van der Waals surface area contributed by atoms with Crippen molar-refractivity contribution < 1.29 is 4.52 Å². The van der Waals surface area contributed by atoms with Gasteiger partial charge in [0.1, 0.15) is 0 Å².